The van der Waals surface area contributed by atoms with Crippen LogP contribution in [0.25, 0.3) is 0 Å². The second-order valence-electron chi connectivity index (χ2n) is 4.63. The van der Waals surface area contributed by atoms with Crippen molar-refractivity contribution in [3.05, 3.63) is 65.0 Å². The van der Waals surface area contributed by atoms with E-state index in [1.807, 2.05) is 31.2 Å². The molecular formula is C15H13FN2O. The topological polar surface area (TPSA) is 41.1 Å². The number of amides is 1. The first-order valence-corrected chi connectivity index (χ1v) is 6.07. The van der Waals surface area contributed by atoms with Gasteiger partial charge < -0.3 is 10.6 Å². The van der Waals surface area contributed by atoms with Crippen LogP contribution in [0, 0.1) is 12.7 Å². The standard InChI is InChI=1S/C15H13FN2O/c1-9-4-2-5-10(8-9)14-17-12-7-3-6-11(16)13(12)15(19)18-14/h2-8,14,17H,1H3,(H,18,19). The molecule has 0 aliphatic carbocycles. The quantitative estimate of drug-likeness (QED) is 0.823. The molecule has 0 radical (unpaired) electrons. The van der Waals surface area contributed by atoms with Crippen LogP contribution >= 0.6 is 0 Å². The summed E-state index contributed by atoms with van der Waals surface area (Å²) in [5, 5.41) is 5.91. The first-order valence-electron chi connectivity index (χ1n) is 6.07. The highest BCUT2D eigenvalue weighted by Gasteiger charge is 2.27. The molecule has 1 aliphatic heterocycles. The van der Waals surface area contributed by atoms with E-state index in [0.29, 0.717) is 5.69 Å². The van der Waals surface area contributed by atoms with E-state index in [1.165, 1.54) is 6.07 Å². The molecule has 3 nitrogen and oxygen atoms in total. The lowest BCUT2D eigenvalue weighted by atomic mass is 10.0. The minimum Gasteiger partial charge on any atom is -0.361 e. The van der Waals surface area contributed by atoms with E-state index in [-0.39, 0.29) is 11.7 Å². The molecule has 1 heterocycles. The average molecular weight is 256 g/mol. The number of hydrogen-bond donors (Lipinski definition) is 2. The molecule has 1 atom stereocenters. The molecule has 2 N–H and O–H groups in total. The van der Waals surface area contributed by atoms with Crippen molar-refractivity contribution in [2.75, 3.05) is 5.32 Å². The van der Waals surface area contributed by atoms with Gasteiger partial charge in [-0.15, -0.1) is 0 Å². The van der Waals surface area contributed by atoms with Gasteiger partial charge in [0.05, 0.1) is 11.3 Å². The highest BCUT2D eigenvalue weighted by Crippen LogP contribution is 2.28. The zero-order valence-corrected chi connectivity index (χ0v) is 10.4. The second kappa shape index (κ2) is 4.39. The second-order valence-corrected chi connectivity index (χ2v) is 4.63. The molecule has 96 valence electrons. The van der Waals surface area contributed by atoms with Crippen LogP contribution < -0.4 is 10.6 Å². The van der Waals surface area contributed by atoms with Crippen molar-refractivity contribution in [3.63, 3.8) is 0 Å². The van der Waals surface area contributed by atoms with Gasteiger partial charge in [0.2, 0.25) is 0 Å². The van der Waals surface area contributed by atoms with Crippen LogP contribution in [0.1, 0.15) is 27.7 Å². The van der Waals surface area contributed by atoms with E-state index in [2.05, 4.69) is 10.6 Å². The number of hydrogen-bond acceptors (Lipinski definition) is 2. The van der Waals surface area contributed by atoms with E-state index in [1.54, 1.807) is 12.1 Å². The minimum atomic E-state index is -0.509. The average Bonchev–Trinajstić information content (AvgIpc) is 2.38. The molecule has 3 rings (SSSR count). The number of benzene rings is 2. The van der Waals surface area contributed by atoms with Gasteiger partial charge in [-0.2, -0.15) is 0 Å². The molecule has 0 saturated heterocycles. The van der Waals surface area contributed by atoms with Crippen molar-refractivity contribution in [3.8, 4) is 0 Å². The fraction of sp³-hybridized carbons (Fsp3) is 0.133. The summed E-state index contributed by atoms with van der Waals surface area (Å²) in [5.74, 6) is -0.899. The maximum atomic E-state index is 13.6. The van der Waals surface area contributed by atoms with E-state index in [0.717, 1.165) is 11.1 Å². The molecule has 0 aromatic heterocycles. The molecule has 1 aliphatic rings. The third-order valence-electron chi connectivity index (χ3n) is 3.19. The number of anilines is 1. The van der Waals surface area contributed by atoms with E-state index < -0.39 is 11.7 Å². The van der Waals surface area contributed by atoms with Crippen LogP contribution in [-0.4, -0.2) is 5.91 Å². The number of fused-ring (bicyclic) bond motifs is 1. The smallest absolute Gasteiger partial charge is 0.258 e. The van der Waals surface area contributed by atoms with Crippen LogP contribution in [0.5, 0.6) is 0 Å². The van der Waals surface area contributed by atoms with Crippen LogP contribution in [0.3, 0.4) is 0 Å². The van der Waals surface area contributed by atoms with Gasteiger partial charge in [-0.05, 0) is 24.6 Å². The predicted octanol–water partition coefficient (Wildman–Crippen LogP) is 2.99. The zero-order valence-electron chi connectivity index (χ0n) is 10.4. The van der Waals surface area contributed by atoms with Crippen molar-refractivity contribution >= 4 is 11.6 Å². The summed E-state index contributed by atoms with van der Waals surface area (Å²) >= 11 is 0. The Morgan fingerprint density at radius 1 is 1.11 bits per heavy atom. The summed E-state index contributed by atoms with van der Waals surface area (Å²) in [7, 11) is 0. The molecule has 0 fully saturated rings. The molecule has 4 heteroatoms. The fourth-order valence-electron chi connectivity index (χ4n) is 2.29. The van der Waals surface area contributed by atoms with Crippen molar-refractivity contribution < 1.29 is 9.18 Å². The van der Waals surface area contributed by atoms with Crippen LogP contribution in [0.4, 0.5) is 10.1 Å². The maximum absolute atomic E-state index is 13.6. The third kappa shape index (κ3) is 2.05. The summed E-state index contributed by atoms with van der Waals surface area (Å²) in [6, 6.07) is 12.4. The van der Waals surface area contributed by atoms with Gasteiger partial charge in [-0.1, -0.05) is 35.9 Å². The Hall–Kier alpha value is -2.36. The lowest BCUT2D eigenvalue weighted by molar-refractivity contribution is 0.0931. The summed E-state index contributed by atoms with van der Waals surface area (Å²) in [6.07, 6.45) is -0.332. The van der Waals surface area contributed by atoms with Gasteiger partial charge in [0, 0.05) is 0 Å². The Morgan fingerprint density at radius 3 is 2.68 bits per heavy atom. The Labute approximate surface area is 110 Å². The van der Waals surface area contributed by atoms with Crippen molar-refractivity contribution in [2.24, 2.45) is 0 Å². The minimum absolute atomic E-state index is 0.0754. The number of rotatable bonds is 1. The predicted molar refractivity (Wildman–Crippen MR) is 71.4 cm³/mol. The van der Waals surface area contributed by atoms with Crippen molar-refractivity contribution in [1.29, 1.82) is 0 Å². The molecule has 19 heavy (non-hydrogen) atoms. The molecule has 0 bridgehead atoms. The zero-order chi connectivity index (χ0) is 13.4. The lowest BCUT2D eigenvalue weighted by Crippen LogP contribution is -2.39. The Bertz CT molecular complexity index is 654. The van der Waals surface area contributed by atoms with E-state index in [4.69, 9.17) is 0 Å². The van der Waals surface area contributed by atoms with Gasteiger partial charge in [0.1, 0.15) is 12.0 Å². The van der Waals surface area contributed by atoms with Crippen LogP contribution in [0.2, 0.25) is 0 Å². The number of halogens is 1. The summed E-state index contributed by atoms with van der Waals surface area (Å²) < 4.78 is 13.6. The number of carbonyl (C=O) groups excluding carboxylic acids is 1. The summed E-state index contributed by atoms with van der Waals surface area (Å²) in [4.78, 5) is 12.0. The Morgan fingerprint density at radius 2 is 1.89 bits per heavy atom. The highest BCUT2D eigenvalue weighted by molar-refractivity contribution is 6.01. The van der Waals surface area contributed by atoms with Gasteiger partial charge in [-0.25, -0.2) is 4.39 Å². The molecule has 0 saturated carbocycles. The lowest BCUT2D eigenvalue weighted by Gasteiger charge is -2.28. The van der Waals surface area contributed by atoms with Gasteiger partial charge in [0.15, 0.2) is 0 Å². The first-order chi connectivity index (χ1) is 9.15. The highest BCUT2D eigenvalue weighted by atomic mass is 19.1. The normalized spacial score (nSPS) is 17.4. The van der Waals surface area contributed by atoms with Gasteiger partial charge >= 0.3 is 0 Å². The van der Waals surface area contributed by atoms with Crippen molar-refractivity contribution in [2.45, 2.75) is 13.1 Å². The summed E-state index contributed by atoms with van der Waals surface area (Å²) in [6.45, 7) is 1.99. The van der Waals surface area contributed by atoms with Crippen LogP contribution in [-0.2, 0) is 0 Å². The molecular weight excluding hydrogens is 243 g/mol. The monoisotopic (exact) mass is 256 g/mol. The Kier molecular flexibility index (Phi) is 2.71. The number of aryl methyl sites for hydroxylation is 1. The first kappa shape index (κ1) is 11.7. The molecule has 1 amide bonds. The molecule has 1 unspecified atom stereocenters. The number of carbonyl (C=O) groups is 1. The SMILES string of the molecule is Cc1cccc(C2NC(=O)c3c(F)cccc3N2)c1. The number of nitrogens with one attached hydrogen (secondary N) is 2. The van der Waals surface area contributed by atoms with Crippen molar-refractivity contribution in [1.82, 2.24) is 5.32 Å². The largest absolute Gasteiger partial charge is 0.361 e. The van der Waals surface area contributed by atoms with E-state index >= 15 is 0 Å². The third-order valence-corrected chi connectivity index (χ3v) is 3.19. The molecule has 2 aromatic carbocycles. The molecule has 0 spiro atoms. The fourth-order valence-corrected chi connectivity index (χ4v) is 2.29. The summed E-state index contributed by atoms with van der Waals surface area (Å²) in [5.41, 5.74) is 2.66. The van der Waals surface area contributed by atoms with Gasteiger partial charge in [0.25, 0.3) is 5.91 Å². The van der Waals surface area contributed by atoms with E-state index in [9.17, 15) is 9.18 Å². The molecule has 2 aromatic rings. The maximum Gasteiger partial charge on any atom is 0.258 e. The van der Waals surface area contributed by atoms with Gasteiger partial charge in [-0.3, -0.25) is 4.79 Å². The van der Waals surface area contributed by atoms with Crippen LogP contribution in [0.15, 0.2) is 42.5 Å². The Balaban J connectivity index is 2.00.